The molecule has 3 atom stereocenters. The maximum absolute atomic E-state index is 14.7. The lowest BCUT2D eigenvalue weighted by Gasteiger charge is -2.43. The van der Waals surface area contributed by atoms with E-state index in [0.29, 0.717) is 28.1 Å². The molecule has 0 saturated carbocycles. The molecule has 0 unspecified atom stereocenters. The molecule has 3 aliphatic rings. The smallest absolute Gasteiger partial charge is 0.290 e. The third kappa shape index (κ3) is 3.73. The van der Waals surface area contributed by atoms with Gasteiger partial charge in [0.2, 0.25) is 16.0 Å². The van der Waals surface area contributed by atoms with Crippen LogP contribution in [0.4, 0.5) is 14.7 Å². The monoisotopic (exact) mass is 514 g/mol. The molecule has 8 nitrogen and oxygen atoms in total. The van der Waals surface area contributed by atoms with E-state index in [1.807, 2.05) is 0 Å². The van der Waals surface area contributed by atoms with Gasteiger partial charge in [-0.2, -0.15) is 8.78 Å². The molecule has 0 spiro atoms. The number of ether oxygens (including phenoxy) is 1. The summed E-state index contributed by atoms with van der Waals surface area (Å²) in [7, 11) is -3.75. The van der Waals surface area contributed by atoms with Gasteiger partial charge in [0, 0.05) is 29.7 Å². The zero-order valence-corrected chi connectivity index (χ0v) is 20.2. The number of fused-ring (bicyclic) bond motifs is 2. The Balaban J connectivity index is 1.35. The lowest BCUT2D eigenvalue weighted by Crippen LogP contribution is -2.59. The second-order valence-corrected chi connectivity index (χ2v) is 11.1. The first-order chi connectivity index (χ1) is 17.1. The number of aliphatic hydroxyl groups is 1. The lowest BCUT2D eigenvalue weighted by molar-refractivity contribution is -0.00603. The summed E-state index contributed by atoms with van der Waals surface area (Å²) in [5, 5.41) is 9.90. The van der Waals surface area contributed by atoms with Crippen LogP contribution in [0.25, 0.3) is 11.3 Å². The number of β-amino-alcohol motifs (C(OH)–C–C–N with tert-alkyl or cyclic N) is 1. The Hall–Kier alpha value is -3.15. The summed E-state index contributed by atoms with van der Waals surface area (Å²) in [6, 6.07) is 12.4. The van der Waals surface area contributed by atoms with Crippen LogP contribution in [0, 0.1) is 0 Å². The van der Waals surface area contributed by atoms with Crippen LogP contribution in [0.2, 0.25) is 0 Å². The second kappa shape index (κ2) is 8.19. The maximum atomic E-state index is 14.7. The highest BCUT2D eigenvalue weighted by atomic mass is 32.2. The highest BCUT2D eigenvalue weighted by molar-refractivity contribution is 7.89. The topological polar surface area (TPSA) is 105 Å². The minimum Gasteiger partial charge on any atom is -0.491 e. The average Bonchev–Trinajstić information content (AvgIpc) is 3.41. The van der Waals surface area contributed by atoms with E-state index in [2.05, 4.69) is 14.7 Å². The molecule has 11 heteroatoms. The number of nitrogens with zero attached hydrogens (tertiary/aromatic N) is 3. The van der Waals surface area contributed by atoms with Crippen LogP contribution >= 0.6 is 0 Å². The highest BCUT2D eigenvalue weighted by Gasteiger charge is 2.45. The van der Waals surface area contributed by atoms with Gasteiger partial charge in [-0.1, -0.05) is 30.3 Å². The van der Waals surface area contributed by atoms with E-state index in [0.717, 1.165) is 0 Å². The molecule has 2 N–H and O–H groups in total. The fourth-order valence-corrected chi connectivity index (χ4v) is 6.16. The zero-order valence-electron chi connectivity index (χ0n) is 19.4. The second-order valence-electron chi connectivity index (χ2n) is 9.41. The summed E-state index contributed by atoms with van der Waals surface area (Å²) in [5.41, 5.74) is 1.78. The molecule has 3 aromatic rings. The Morgan fingerprint density at radius 1 is 1.17 bits per heavy atom. The first kappa shape index (κ1) is 23.3. The molecule has 1 saturated heterocycles. The van der Waals surface area contributed by atoms with Crippen LogP contribution < -0.4 is 14.4 Å². The van der Waals surface area contributed by atoms with Crippen LogP contribution in [-0.2, 0) is 22.4 Å². The van der Waals surface area contributed by atoms with Gasteiger partial charge in [0.15, 0.2) is 0 Å². The number of aliphatic hydroxyl groups excluding tert-OH is 1. The fraction of sp³-hybridized carbons (Fsp3) is 0.360. The summed E-state index contributed by atoms with van der Waals surface area (Å²) < 4.78 is 63.4. The summed E-state index contributed by atoms with van der Waals surface area (Å²) in [5.74, 6) is -2.42. The molecular weight excluding hydrogens is 490 g/mol. The molecule has 3 heterocycles. The number of rotatable bonds is 5. The van der Waals surface area contributed by atoms with Crippen molar-refractivity contribution in [3.05, 3.63) is 65.4 Å². The molecule has 188 valence electrons. The molecule has 36 heavy (non-hydrogen) atoms. The number of hydrogen-bond acceptors (Lipinski definition) is 7. The van der Waals surface area contributed by atoms with Gasteiger partial charge < -0.3 is 14.7 Å². The van der Waals surface area contributed by atoms with Crippen molar-refractivity contribution >= 4 is 16.0 Å². The summed E-state index contributed by atoms with van der Waals surface area (Å²) in [4.78, 5) is 10.7. The number of hydrogen-bond donors (Lipinski definition) is 2. The Labute approximate surface area is 207 Å². The van der Waals surface area contributed by atoms with Crippen LogP contribution in [0.5, 0.6) is 5.75 Å². The van der Waals surface area contributed by atoms with Crippen molar-refractivity contribution < 1.29 is 27.0 Å². The molecular formula is C25H24F2N4O4S. The van der Waals surface area contributed by atoms with Crippen molar-refractivity contribution in [2.75, 3.05) is 18.1 Å². The first-order valence-corrected chi connectivity index (χ1v) is 13.2. The van der Waals surface area contributed by atoms with Crippen molar-refractivity contribution in [1.82, 2.24) is 14.7 Å². The predicted octanol–water partition coefficient (Wildman–Crippen LogP) is 3.16. The van der Waals surface area contributed by atoms with Gasteiger partial charge >= 0.3 is 0 Å². The Morgan fingerprint density at radius 3 is 2.67 bits per heavy atom. The maximum Gasteiger partial charge on any atom is 0.290 e. The Bertz CT molecular complexity index is 1450. The lowest BCUT2D eigenvalue weighted by atomic mass is 10.0. The fourth-order valence-electron chi connectivity index (χ4n) is 4.94. The summed E-state index contributed by atoms with van der Waals surface area (Å²) in [6.45, 7) is 2.18. The van der Waals surface area contributed by atoms with Crippen molar-refractivity contribution in [3.63, 3.8) is 0 Å². The van der Waals surface area contributed by atoms with Gasteiger partial charge in [0.25, 0.3) is 5.92 Å². The van der Waals surface area contributed by atoms with Crippen LogP contribution in [-0.4, -0.2) is 48.8 Å². The van der Waals surface area contributed by atoms with E-state index in [9.17, 15) is 22.3 Å². The van der Waals surface area contributed by atoms with Gasteiger partial charge in [0.05, 0.1) is 28.8 Å². The van der Waals surface area contributed by atoms with Crippen molar-refractivity contribution in [2.45, 2.75) is 48.8 Å². The minimum absolute atomic E-state index is 0.110. The predicted molar refractivity (Wildman–Crippen MR) is 127 cm³/mol. The molecule has 1 aliphatic carbocycles. The number of anilines is 1. The molecule has 2 aromatic carbocycles. The zero-order chi connectivity index (χ0) is 25.2. The van der Waals surface area contributed by atoms with E-state index in [1.165, 1.54) is 12.1 Å². The number of halogens is 2. The van der Waals surface area contributed by atoms with Crippen molar-refractivity contribution in [2.24, 2.45) is 0 Å². The minimum atomic E-state index is -3.75. The molecule has 0 radical (unpaired) electrons. The van der Waals surface area contributed by atoms with Crippen LogP contribution in [0.1, 0.15) is 36.2 Å². The molecule has 1 aromatic heterocycles. The van der Waals surface area contributed by atoms with Crippen molar-refractivity contribution in [3.8, 4) is 17.0 Å². The number of nitrogens with one attached hydrogen (secondary N) is 1. The Kier molecular flexibility index (Phi) is 5.29. The van der Waals surface area contributed by atoms with Crippen molar-refractivity contribution in [1.29, 1.82) is 0 Å². The van der Waals surface area contributed by atoms with E-state index < -0.39 is 28.1 Å². The van der Waals surface area contributed by atoms with E-state index in [1.54, 1.807) is 48.2 Å². The van der Waals surface area contributed by atoms with Gasteiger partial charge in [0.1, 0.15) is 18.1 Å². The van der Waals surface area contributed by atoms with Gasteiger partial charge in [-0.3, -0.25) is 0 Å². The molecule has 1 fully saturated rings. The van der Waals surface area contributed by atoms with Gasteiger partial charge in [-0.05, 0) is 31.5 Å². The number of alkyl halides is 2. The highest BCUT2D eigenvalue weighted by Crippen LogP contribution is 2.46. The number of benzene rings is 2. The number of aromatic nitrogens is 2. The normalized spacial score (nSPS) is 24.1. The van der Waals surface area contributed by atoms with Gasteiger partial charge in [-0.15, -0.1) is 0 Å². The third-order valence-corrected chi connectivity index (χ3v) is 8.63. The first-order valence-electron chi connectivity index (χ1n) is 11.7. The molecule has 0 bridgehead atoms. The van der Waals surface area contributed by atoms with E-state index >= 15 is 0 Å². The van der Waals surface area contributed by atoms with Crippen LogP contribution in [0.15, 0.2) is 53.4 Å². The molecule has 2 aliphatic heterocycles. The molecule has 6 rings (SSSR count). The quantitative estimate of drug-likeness (QED) is 0.539. The average molecular weight is 515 g/mol. The summed E-state index contributed by atoms with van der Waals surface area (Å²) in [6.07, 6.45) is -0.750. The number of sulfonamides is 1. The van der Waals surface area contributed by atoms with Gasteiger partial charge in [-0.25, -0.2) is 23.1 Å². The standard InChI is InChI=1S/C25H24F2N4O4S/c1-14-20(32)12-31(14)24-28-22(18-9-10-25(26,27)23(18)29-24)15-7-8-17-19(13-35-21(17)11-15)30-36(33,34)16-5-3-2-4-6-16/h2-8,11,14,19-20,30,32H,9-10,12-13H2,1H3/t14-,19-,20+/m0/s1. The third-order valence-electron chi connectivity index (χ3n) is 7.14. The summed E-state index contributed by atoms with van der Waals surface area (Å²) >= 11 is 0. The van der Waals surface area contributed by atoms with Crippen LogP contribution in [0.3, 0.4) is 0 Å². The Morgan fingerprint density at radius 2 is 1.94 bits per heavy atom. The molecule has 0 amide bonds. The van der Waals surface area contributed by atoms with E-state index in [4.69, 9.17) is 4.74 Å². The SMILES string of the molecule is C[C@H]1[C@H](O)CN1c1nc(-c2ccc3c(c2)OC[C@@H]3NS(=O)(=O)c2ccccc2)c2c(n1)C(F)(F)CC2. The van der Waals surface area contributed by atoms with E-state index in [-0.39, 0.29) is 48.6 Å². The largest absolute Gasteiger partial charge is 0.491 e.